The Morgan fingerprint density at radius 3 is 2.90 bits per heavy atom. The lowest BCUT2D eigenvalue weighted by Gasteiger charge is -2.19. The second-order valence-electron chi connectivity index (χ2n) is 5.25. The highest BCUT2D eigenvalue weighted by molar-refractivity contribution is 6.06. The second kappa shape index (κ2) is 5.09. The number of benzene rings is 1. The van der Waals surface area contributed by atoms with Gasteiger partial charge >= 0.3 is 0 Å². The number of amides is 1. The molecule has 5 heteroatoms. The van der Waals surface area contributed by atoms with E-state index in [0.717, 1.165) is 36.2 Å². The van der Waals surface area contributed by atoms with Crippen LogP contribution in [0.3, 0.4) is 0 Å². The fourth-order valence-electron chi connectivity index (χ4n) is 2.76. The molecule has 1 aromatic carbocycles. The van der Waals surface area contributed by atoms with Gasteiger partial charge in [-0.05, 0) is 31.0 Å². The van der Waals surface area contributed by atoms with E-state index < -0.39 is 5.91 Å². The van der Waals surface area contributed by atoms with Crippen molar-refractivity contribution in [2.45, 2.75) is 6.42 Å². The van der Waals surface area contributed by atoms with Gasteiger partial charge in [-0.3, -0.25) is 4.79 Å². The van der Waals surface area contributed by atoms with Gasteiger partial charge in [0.1, 0.15) is 5.82 Å². The fourth-order valence-corrected chi connectivity index (χ4v) is 2.76. The molecule has 3 rings (SSSR count). The summed E-state index contributed by atoms with van der Waals surface area (Å²) in [6.45, 7) is 2.50. The lowest BCUT2D eigenvalue weighted by Crippen LogP contribution is -2.24. The molecule has 2 heterocycles. The van der Waals surface area contributed by atoms with E-state index in [2.05, 4.69) is 9.88 Å². The molecule has 0 aliphatic carbocycles. The fraction of sp³-hybridized carbons (Fsp3) is 0.333. The highest BCUT2D eigenvalue weighted by Gasteiger charge is 2.23. The topological polar surface area (TPSA) is 85.2 Å². The van der Waals surface area contributed by atoms with Crippen LogP contribution in [0.2, 0.25) is 0 Å². The summed E-state index contributed by atoms with van der Waals surface area (Å²) < 4.78 is 0. The molecule has 5 nitrogen and oxygen atoms in total. The third kappa shape index (κ3) is 2.20. The summed E-state index contributed by atoms with van der Waals surface area (Å²) in [6.07, 6.45) is 1.07. The Hall–Kier alpha value is -2.14. The molecule has 20 heavy (non-hydrogen) atoms. The van der Waals surface area contributed by atoms with Crippen LogP contribution in [0, 0.1) is 5.92 Å². The van der Waals surface area contributed by atoms with Gasteiger partial charge in [0.15, 0.2) is 0 Å². The first-order valence-corrected chi connectivity index (χ1v) is 6.83. The summed E-state index contributed by atoms with van der Waals surface area (Å²) in [4.78, 5) is 18.5. The minimum absolute atomic E-state index is 0.417. The molecular formula is C15H18N4O. The van der Waals surface area contributed by atoms with E-state index in [9.17, 15) is 4.79 Å². The van der Waals surface area contributed by atoms with Crippen molar-refractivity contribution in [3.63, 3.8) is 0 Å². The van der Waals surface area contributed by atoms with E-state index in [1.54, 1.807) is 6.07 Å². The molecule has 1 fully saturated rings. The Kier molecular flexibility index (Phi) is 3.28. The van der Waals surface area contributed by atoms with Gasteiger partial charge in [0.2, 0.25) is 5.91 Å². The predicted octanol–water partition coefficient (Wildman–Crippen LogP) is 1.12. The van der Waals surface area contributed by atoms with E-state index >= 15 is 0 Å². The van der Waals surface area contributed by atoms with Crippen LogP contribution in [-0.2, 0) is 0 Å². The van der Waals surface area contributed by atoms with Crippen LogP contribution in [0.15, 0.2) is 30.3 Å². The number of anilines is 1. The van der Waals surface area contributed by atoms with Gasteiger partial charge in [-0.1, -0.05) is 18.2 Å². The molecule has 4 N–H and O–H groups in total. The standard InChI is InChI=1S/C15H18N4O/c16-8-10-5-6-19(9-10)14-7-12(15(17)20)11-3-1-2-4-13(11)18-14/h1-4,7,10H,5-6,8-9,16H2,(H2,17,20). The molecule has 1 atom stereocenters. The Bertz CT molecular complexity index is 655. The van der Waals surface area contributed by atoms with Crippen molar-refractivity contribution in [3.8, 4) is 0 Å². The van der Waals surface area contributed by atoms with Crippen molar-refractivity contribution in [2.24, 2.45) is 17.4 Å². The number of nitrogens with zero attached hydrogens (tertiary/aromatic N) is 2. The lowest BCUT2D eigenvalue weighted by atomic mass is 10.1. The average Bonchev–Trinajstić information content (AvgIpc) is 2.95. The predicted molar refractivity (Wildman–Crippen MR) is 79.6 cm³/mol. The summed E-state index contributed by atoms with van der Waals surface area (Å²) in [7, 11) is 0. The van der Waals surface area contributed by atoms with Gasteiger partial charge in [0, 0.05) is 18.5 Å². The maximum Gasteiger partial charge on any atom is 0.249 e. The van der Waals surface area contributed by atoms with Gasteiger partial charge < -0.3 is 16.4 Å². The number of carbonyl (C=O) groups is 1. The quantitative estimate of drug-likeness (QED) is 0.875. The van der Waals surface area contributed by atoms with Crippen LogP contribution in [0.4, 0.5) is 5.82 Å². The first kappa shape index (κ1) is 12.9. The minimum atomic E-state index is -0.417. The van der Waals surface area contributed by atoms with E-state index in [1.807, 2.05) is 24.3 Å². The van der Waals surface area contributed by atoms with E-state index in [0.29, 0.717) is 18.0 Å². The first-order chi connectivity index (χ1) is 9.69. The summed E-state index contributed by atoms with van der Waals surface area (Å²) in [5.41, 5.74) is 12.5. The van der Waals surface area contributed by atoms with Gasteiger partial charge in [-0.15, -0.1) is 0 Å². The number of nitrogens with two attached hydrogens (primary N) is 2. The zero-order chi connectivity index (χ0) is 14.1. The first-order valence-electron chi connectivity index (χ1n) is 6.83. The summed E-state index contributed by atoms with van der Waals surface area (Å²) in [5.74, 6) is 0.896. The van der Waals surface area contributed by atoms with Crippen LogP contribution >= 0.6 is 0 Å². The van der Waals surface area contributed by atoms with Crippen LogP contribution in [0.1, 0.15) is 16.8 Å². The molecular weight excluding hydrogens is 252 g/mol. The summed E-state index contributed by atoms with van der Waals surface area (Å²) in [6, 6.07) is 9.37. The number of fused-ring (bicyclic) bond motifs is 1. The SMILES string of the molecule is NCC1CCN(c2cc(C(N)=O)c3ccccc3n2)C1. The number of hydrogen-bond donors (Lipinski definition) is 2. The maximum absolute atomic E-state index is 11.7. The zero-order valence-electron chi connectivity index (χ0n) is 11.2. The molecule has 1 amide bonds. The van der Waals surface area contributed by atoms with Gasteiger partial charge in [-0.25, -0.2) is 4.98 Å². The highest BCUT2D eigenvalue weighted by Crippen LogP contribution is 2.26. The molecule has 1 unspecified atom stereocenters. The molecule has 2 aromatic rings. The normalized spacial score (nSPS) is 18.6. The number of carbonyl (C=O) groups excluding carboxylic acids is 1. The van der Waals surface area contributed by atoms with Crippen molar-refractivity contribution in [2.75, 3.05) is 24.5 Å². The summed E-state index contributed by atoms with van der Waals surface area (Å²) >= 11 is 0. The van der Waals surface area contributed by atoms with Crippen LogP contribution in [-0.4, -0.2) is 30.5 Å². The molecule has 1 saturated heterocycles. The van der Waals surface area contributed by atoms with Crippen LogP contribution < -0.4 is 16.4 Å². The molecule has 0 radical (unpaired) electrons. The number of rotatable bonds is 3. The Morgan fingerprint density at radius 2 is 2.20 bits per heavy atom. The van der Waals surface area contributed by atoms with E-state index in [1.165, 1.54) is 0 Å². The Morgan fingerprint density at radius 1 is 1.40 bits per heavy atom. The highest BCUT2D eigenvalue weighted by atomic mass is 16.1. The monoisotopic (exact) mass is 270 g/mol. The van der Waals surface area contributed by atoms with Crippen molar-refractivity contribution >= 4 is 22.6 Å². The molecule has 1 aliphatic heterocycles. The van der Waals surface area contributed by atoms with Crippen LogP contribution in [0.25, 0.3) is 10.9 Å². The number of para-hydroxylation sites is 1. The second-order valence-corrected chi connectivity index (χ2v) is 5.25. The van der Waals surface area contributed by atoms with Gasteiger partial charge in [0.25, 0.3) is 0 Å². The number of aromatic nitrogens is 1. The maximum atomic E-state index is 11.7. The lowest BCUT2D eigenvalue weighted by molar-refractivity contribution is 0.100. The number of pyridine rings is 1. The zero-order valence-corrected chi connectivity index (χ0v) is 11.2. The largest absolute Gasteiger partial charge is 0.366 e. The van der Waals surface area contributed by atoms with Crippen molar-refractivity contribution in [3.05, 3.63) is 35.9 Å². The van der Waals surface area contributed by atoms with Crippen molar-refractivity contribution < 1.29 is 4.79 Å². The third-order valence-corrected chi connectivity index (χ3v) is 3.91. The van der Waals surface area contributed by atoms with Crippen molar-refractivity contribution in [1.29, 1.82) is 0 Å². The molecule has 0 saturated carbocycles. The third-order valence-electron chi connectivity index (χ3n) is 3.91. The Balaban J connectivity index is 2.06. The molecule has 0 bridgehead atoms. The molecule has 104 valence electrons. The van der Waals surface area contributed by atoms with Crippen LogP contribution in [0.5, 0.6) is 0 Å². The van der Waals surface area contributed by atoms with Gasteiger partial charge in [0.05, 0.1) is 11.1 Å². The van der Waals surface area contributed by atoms with Gasteiger partial charge in [-0.2, -0.15) is 0 Å². The molecule has 1 aromatic heterocycles. The molecule has 0 spiro atoms. The van der Waals surface area contributed by atoms with Crippen molar-refractivity contribution in [1.82, 2.24) is 4.98 Å². The number of hydrogen-bond acceptors (Lipinski definition) is 4. The molecule has 1 aliphatic rings. The average molecular weight is 270 g/mol. The summed E-state index contributed by atoms with van der Waals surface area (Å²) in [5, 5.41) is 0.804. The minimum Gasteiger partial charge on any atom is -0.366 e. The smallest absolute Gasteiger partial charge is 0.249 e. The number of primary amides is 1. The van der Waals surface area contributed by atoms with E-state index in [-0.39, 0.29) is 0 Å². The van der Waals surface area contributed by atoms with E-state index in [4.69, 9.17) is 11.5 Å². The Labute approximate surface area is 117 Å².